The van der Waals surface area contributed by atoms with E-state index < -0.39 is 0 Å². The van der Waals surface area contributed by atoms with E-state index in [-0.39, 0.29) is 11.7 Å². The van der Waals surface area contributed by atoms with Crippen LogP contribution < -0.4 is 0 Å². The Bertz CT molecular complexity index is 567. The summed E-state index contributed by atoms with van der Waals surface area (Å²) in [6.45, 7) is 0. The van der Waals surface area contributed by atoms with E-state index in [2.05, 4.69) is 12.1 Å². The Morgan fingerprint density at radius 1 is 0.810 bits per heavy atom. The molecule has 0 bridgehead atoms. The summed E-state index contributed by atoms with van der Waals surface area (Å²) in [5.74, 6) is 0.802. The number of rotatable bonds is 4. The average molecular weight is 278 g/mol. The van der Waals surface area contributed by atoms with Crippen LogP contribution in [0.5, 0.6) is 0 Å². The fraction of sp³-hybridized carbons (Fsp3) is 0.350. The third kappa shape index (κ3) is 3.24. The molecule has 0 saturated heterocycles. The molecule has 0 spiro atoms. The van der Waals surface area contributed by atoms with Crippen LogP contribution in [-0.4, -0.2) is 5.78 Å². The van der Waals surface area contributed by atoms with Gasteiger partial charge in [0.15, 0.2) is 5.78 Å². The molecule has 1 nitrogen and oxygen atoms in total. The number of ketones is 1. The van der Waals surface area contributed by atoms with Crippen LogP contribution in [0.4, 0.5) is 0 Å². The lowest BCUT2D eigenvalue weighted by molar-refractivity contribution is 0.0913. The number of carbonyl (C=O) groups is 1. The number of benzene rings is 2. The van der Waals surface area contributed by atoms with Crippen LogP contribution in [0.25, 0.3) is 0 Å². The molecule has 1 aliphatic carbocycles. The molecule has 1 fully saturated rings. The highest BCUT2D eigenvalue weighted by atomic mass is 16.1. The Hall–Kier alpha value is -1.89. The van der Waals surface area contributed by atoms with Crippen LogP contribution in [-0.2, 0) is 0 Å². The summed E-state index contributed by atoms with van der Waals surface area (Å²) in [6.07, 6.45) is 6.19. The van der Waals surface area contributed by atoms with Crippen LogP contribution in [0.15, 0.2) is 60.7 Å². The van der Waals surface area contributed by atoms with Crippen molar-refractivity contribution in [1.82, 2.24) is 0 Å². The van der Waals surface area contributed by atoms with E-state index in [1.54, 1.807) is 0 Å². The maximum absolute atomic E-state index is 13.0. The molecule has 108 valence electrons. The molecule has 0 radical (unpaired) electrons. The molecule has 0 aliphatic heterocycles. The lowest BCUT2D eigenvalue weighted by atomic mass is 9.73. The predicted octanol–water partition coefficient (Wildman–Crippen LogP) is 5.23. The largest absolute Gasteiger partial charge is 0.293 e. The van der Waals surface area contributed by atoms with Gasteiger partial charge in [-0.25, -0.2) is 0 Å². The minimum Gasteiger partial charge on any atom is -0.293 e. The van der Waals surface area contributed by atoms with Gasteiger partial charge in [0.25, 0.3) is 0 Å². The van der Waals surface area contributed by atoms with Crippen molar-refractivity contribution in [3.63, 3.8) is 0 Å². The second kappa shape index (κ2) is 6.71. The summed E-state index contributed by atoms with van der Waals surface area (Å²) < 4.78 is 0. The summed E-state index contributed by atoms with van der Waals surface area (Å²) >= 11 is 0. The quantitative estimate of drug-likeness (QED) is 0.699. The standard InChI is InChI=1S/C20H22O/c21-20(18-14-8-3-9-15-18)19(16-10-4-1-5-11-16)17-12-6-2-7-13-17/h1,3-5,8-11,14-15,17,19H,2,6-7,12-13H2. The van der Waals surface area contributed by atoms with E-state index in [0.29, 0.717) is 5.92 Å². The molecule has 1 aliphatic rings. The van der Waals surface area contributed by atoms with Crippen molar-refractivity contribution in [3.05, 3.63) is 71.8 Å². The summed E-state index contributed by atoms with van der Waals surface area (Å²) in [6, 6.07) is 20.1. The molecule has 0 heterocycles. The second-order valence-corrected chi connectivity index (χ2v) is 6.02. The number of Topliss-reactive ketones (excluding diaryl/α,β-unsaturated/α-hetero) is 1. The Kier molecular flexibility index (Phi) is 4.49. The van der Waals surface area contributed by atoms with Crippen molar-refractivity contribution in [2.24, 2.45) is 5.92 Å². The van der Waals surface area contributed by atoms with Crippen LogP contribution >= 0.6 is 0 Å². The number of hydrogen-bond donors (Lipinski definition) is 0. The molecule has 1 unspecified atom stereocenters. The minimum atomic E-state index is 0.0221. The monoisotopic (exact) mass is 278 g/mol. The van der Waals surface area contributed by atoms with Gasteiger partial charge in [0.2, 0.25) is 0 Å². The van der Waals surface area contributed by atoms with Gasteiger partial charge in [-0.1, -0.05) is 79.9 Å². The Balaban J connectivity index is 1.94. The predicted molar refractivity (Wildman–Crippen MR) is 86.5 cm³/mol. The van der Waals surface area contributed by atoms with Gasteiger partial charge in [0.05, 0.1) is 5.92 Å². The van der Waals surface area contributed by atoms with Gasteiger partial charge in [0.1, 0.15) is 0 Å². The van der Waals surface area contributed by atoms with Gasteiger partial charge in [-0.15, -0.1) is 0 Å². The molecular weight excluding hydrogens is 256 g/mol. The average Bonchev–Trinajstić information content (AvgIpc) is 2.58. The van der Waals surface area contributed by atoms with Gasteiger partial charge < -0.3 is 0 Å². The lowest BCUT2D eigenvalue weighted by Gasteiger charge is -2.29. The zero-order valence-electron chi connectivity index (χ0n) is 12.4. The first-order valence-electron chi connectivity index (χ1n) is 8.00. The van der Waals surface area contributed by atoms with Gasteiger partial charge in [-0.3, -0.25) is 4.79 Å². The third-order valence-electron chi connectivity index (χ3n) is 4.62. The first-order chi connectivity index (χ1) is 10.4. The summed E-state index contributed by atoms with van der Waals surface area (Å²) in [5.41, 5.74) is 2.02. The summed E-state index contributed by atoms with van der Waals surface area (Å²) in [4.78, 5) is 13.0. The lowest BCUT2D eigenvalue weighted by Crippen LogP contribution is -2.24. The molecule has 2 aromatic carbocycles. The zero-order valence-corrected chi connectivity index (χ0v) is 12.4. The highest BCUT2D eigenvalue weighted by Crippen LogP contribution is 2.38. The molecule has 0 aromatic heterocycles. The van der Waals surface area contributed by atoms with Crippen molar-refractivity contribution >= 4 is 5.78 Å². The first kappa shape index (κ1) is 14.1. The molecule has 1 atom stereocenters. The molecule has 2 aromatic rings. The van der Waals surface area contributed by atoms with Crippen LogP contribution in [0.1, 0.15) is 53.9 Å². The van der Waals surface area contributed by atoms with Crippen molar-refractivity contribution in [1.29, 1.82) is 0 Å². The van der Waals surface area contributed by atoms with Crippen LogP contribution in [0, 0.1) is 5.92 Å². The maximum atomic E-state index is 13.0. The van der Waals surface area contributed by atoms with Gasteiger partial charge >= 0.3 is 0 Å². The molecule has 0 amide bonds. The van der Waals surface area contributed by atoms with Gasteiger partial charge in [0, 0.05) is 5.56 Å². The summed E-state index contributed by atoms with van der Waals surface area (Å²) in [7, 11) is 0. The molecular formula is C20H22O. The van der Waals surface area contributed by atoms with E-state index in [9.17, 15) is 4.79 Å². The Labute approximate surface area is 127 Å². The topological polar surface area (TPSA) is 17.1 Å². The molecule has 21 heavy (non-hydrogen) atoms. The van der Waals surface area contributed by atoms with Gasteiger partial charge in [-0.05, 0) is 24.3 Å². The van der Waals surface area contributed by atoms with Crippen molar-refractivity contribution in [2.75, 3.05) is 0 Å². The van der Waals surface area contributed by atoms with E-state index in [0.717, 1.165) is 5.56 Å². The molecule has 1 heteroatoms. The Morgan fingerprint density at radius 2 is 1.38 bits per heavy atom. The maximum Gasteiger partial charge on any atom is 0.170 e. The highest BCUT2D eigenvalue weighted by molar-refractivity contribution is 6.01. The van der Waals surface area contributed by atoms with E-state index in [4.69, 9.17) is 0 Å². The second-order valence-electron chi connectivity index (χ2n) is 6.02. The van der Waals surface area contributed by atoms with Crippen molar-refractivity contribution in [3.8, 4) is 0 Å². The minimum absolute atomic E-state index is 0.0221. The molecule has 1 saturated carbocycles. The zero-order chi connectivity index (χ0) is 14.5. The fourth-order valence-corrected chi connectivity index (χ4v) is 3.55. The number of carbonyl (C=O) groups excluding carboxylic acids is 1. The summed E-state index contributed by atoms with van der Waals surface area (Å²) in [5, 5.41) is 0. The number of hydrogen-bond acceptors (Lipinski definition) is 1. The normalized spacial score (nSPS) is 17.3. The van der Waals surface area contributed by atoms with Crippen molar-refractivity contribution in [2.45, 2.75) is 38.0 Å². The highest BCUT2D eigenvalue weighted by Gasteiger charge is 2.31. The smallest absolute Gasteiger partial charge is 0.170 e. The molecule has 3 rings (SSSR count). The van der Waals surface area contributed by atoms with Crippen LogP contribution in [0.2, 0.25) is 0 Å². The van der Waals surface area contributed by atoms with Crippen molar-refractivity contribution < 1.29 is 4.79 Å². The third-order valence-corrected chi connectivity index (χ3v) is 4.62. The van der Waals surface area contributed by atoms with E-state index >= 15 is 0 Å². The molecule has 0 N–H and O–H groups in total. The SMILES string of the molecule is O=C(c1ccccc1)C(c1ccccc1)C1CCCCC1. The van der Waals surface area contributed by atoms with E-state index in [1.807, 2.05) is 48.5 Å². The van der Waals surface area contributed by atoms with Gasteiger partial charge in [-0.2, -0.15) is 0 Å². The Morgan fingerprint density at radius 3 is 2.00 bits per heavy atom. The fourth-order valence-electron chi connectivity index (χ4n) is 3.55. The first-order valence-corrected chi connectivity index (χ1v) is 8.00. The van der Waals surface area contributed by atoms with E-state index in [1.165, 1.54) is 37.7 Å². The van der Waals surface area contributed by atoms with Crippen LogP contribution in [0.3, 0.4) is 0 Å².